The van der Waals surface area contributed by atoms with E-state index in [0.29, 0.717) is 5.56 Å². The minimum atomic E-state index is -0.449. The summed E-state index contributed by atoms with van der Waals surface area (Å²) in [6.45, 7) is 8.26. The average molecular weight is 344 g/mol. The number of hydrogen-bond donors (Lipinski definition) is 2. The fourth-order valence-electron chi connectivity index (χ4n) is 3.24. The molecule has 2 rings (SSSR count). The van der Waals surface area contributed by atoms with Crippen LogP contribution in [0.2, 0.25) is 0 Å². The highest BCUT2D eigenvalue weighted by atomic mass is 16.2. The molecule has 2 amide bonds. The summed E-state index contributed by atoms with van der Waals surface area (Å²) in [5.41, 5.74) is 0.642. The van der Waals surface area contributed by atoms with Crippen LogP contribution < -0.4 is 10.6 Å². The third-order valence-electron chi connectivity index (χ3n) is 5.40. The summed E-state index contributed by atoms with van der Waals surface area (Å²) in [4.78, 5) is 25.5. The monoisotopic (exact) mass is 344 g/mol. The number of carbonyl (C=O) groups is 2. The number of benzene rings is 1. The Morgan fingerprint density at radius 1 is 1.00 bits per heavy atom. The molecule has 0 spiro atoms. The summed E-state index contributed by atoms with van der Waals surface area (Å²) in [6.07, 6.45) is 5.47. The summed E-state index contributed by atoms with van der Waals surface area (Å²) < 4.78 is 0. The van der Waals surface area contributed by atoms with Crippen LogP contribution >= 0.6 is 0 Å². The molecule has 1 aliphatic carbocycles. The molecule has 0 heterocycles. The van der Waals surface area contributed by atoms with E-state index in [1.54, 1.807) is 0 Å². The highest BCUT2D eigenvalue weighted by Gasteiger charge is 2.32. The Bertz CT molecular complexity index is 571. The van der Waals surface area contributed by atoms with Gasteiger partial charge in [0.05, 0.1) is 6.04 Å². The van der Waals surface area contributed by atoms with E-state index in [-0.39, 0.29) is 29.2 Å². The van der Waals surface area contributed by atoms with Crippen LogP contribution in [0, 0.1) is 11.3 Å². The van der Waals surface area contributed by atoms with Gasteiger partial charge in [-0.1, -0.05) is 70.4 Å². The molecule has 1 aromatic rings. The quantitative estimate of drug-likeness (QED) is 0.770. The number of carbonyl (C=O) groups excluding carboxylic acids is 2. The smallest absolute Gasteiger partial charge is 0.315 e. The second-order valence-electron chi connectivity index (χ2n) is 8.31. The molecule has 0 bridgehead atoms. The summed E-state index contributed by atoms with van der Waals surface area (Å²) in [6, 6.07) is 8.62. The van der Waals surface area contributed by atoms with Crippen LogP contribution in [0.15, 0.2) is 30.3 Å². The van der Waals surface area contributed by atoms with E-state index in [1.165, 1.54) is 6.42 Å². The Morgan fingerprint density at radius 3 is 2.16 bits per heavy atom. The highest BCUT2D eigenvalue weighted by molar-refractivity contribution is 6.02. The summed E-state index contributed by atoms with van der Waals surface area (Å²) >= 11 is 0. The number of hydrogen-bond acceptors (Lipinski definition) is 2. The van der Waals surface area contributed by atoms with Crippen molar-refractivity contribution in [3.05, 3.63) is 35.9 Å². The van der Waals surface area contributed by atoms with Gasteiger partial charge in [0.25, 0.3) is 0 Å². The SMILES string of the molecule is CC(NC(=O)NC(C(=O)c1ccccc1)C1CCCCC1)C(C)(C)C. The van der Waals surface area contributed by atoms with Gasteiger partial charge >= 0.3 is 6.03 Å². The van der Waals surface area contributed by atoms with E-state index < -0.39 is 6.04 Å². The van der Waals surface area contributed by atoms with Gasteiger partial charge in [-0.15, -0.1) is 0 Å². The van der Waals surface area contributed by atoms with Crippen molar-refractivity contribution in [2.75, 3.05) is 0 Å². The predicted molar refractivity (Wildman–Crippen MR) is 102 cm³/mol. The van der Waals surface area contributed by atoms with Crippen molar-refractivity contribution in [1.82, 2.24) is 10.6 Å². The second kappa shape index (κ2) is 8.50. The van der Waals surface area contributed by atoms with Crippen LogP contribution in [0.3, 0.4) is 0 Å². The molecule has 1 fully saturated rings. The maximum Gasteiger partial charge on any atom is 0.315 e. The molecule has 138 valence electrons. The molecule has 2 atom stereocenters. The molecular formula is C21H32N2O2. The molecule has 1 aliphatic rings. The second-order valence-corrected chi connectivity index (χ2v) is 8.31. The first kappa shape index (κ1) is 19.5. The first-order valence-electron chi connectivity index (χ1n) is 9.45. The van der Waals surface area contributed by atoms with E-state index in [1.807, 2.05) is 37.3 Å². The molecule has 0 radical (unpaired) electrons. The van der Waals surface area contributed by atoms with Crippen LogP contribution in [0.25, 0.3) is 0 Å². The van der Waals surface area contributed by atoms with Crippen LogP contribution in [-0.4, -0.2) is 23.9 Å². The zero-order valence-electron chi connectivity index (χ0n) is 16.0. The number of nitrogens with one attached hydrogen (secondary N) is 2. The van der Waals surface area contributed by atoms with Gasteiger partial charge in [0.1, 0.15) is 0 Å². The van der Waals surface area contributed by atoms with Gasteiger partial charge in [0.2, 0.25) is 0 Å². The van der Waals surface area contributed by atoms with Crippen LogP contribution in [0.4, 0.5) is 4.79 Å². The zero-order valence-corrected chi connectivity index (χ0v) is 16.0. The van der Waals surface area contributed by atoms with Crippen molar-refractivity contribution in [3.63, 3.8) is 0 Å². The van der Waals surface area contributed by atoms with Crippen molar-refractivity contribution >= 4 is 11.8 Å². The molecule has 1 aromatic carbocycles. The van der Waals surface area contributed by atoms with Crippen molar-refractivity contribution in [3.8, 4) is 0 Å². The molecule has 25 heavy (non-hydrogen) atoms. The molecule has 2 unspecified atom stereocenters. The van der Waals surface area contributed by atoms with Crippen LogP contribution in [0.1, 0.15) is 70.2 Å². The lowest BCUT2D eigenvalue weighted by atomic mass is 9.81. The van der Waals surface area contributed by atoms with Gasteiger partial charge in [-0.05, 0) is 31.1 Å². The molecule has 4 nitrogen and oxygen atoms in total. The zero-order chi connectivity index (χ0) is 18.4. The van der Waals surface area contributed by atoms with Crippen molar-refractivity contribution in [2.24, 2.45) is 11.3 Å². The van der Waals surface area contributed by atoms with Crippen LogP contribution in [0.5, 0.6) is 0 Å². The van der Waals surface area contributed by atoms with Gasteiger partial charge in [0, 0.05) is 11.6 Å². The molecule has 1 saturated carbocycles. The Kier molecular flexibility index (Phi) is 6.63. The molecule has 4 heteroatoms. The Morgan fingerprint density at radius 2 is 1.60 bits per heavy atom. The van der Waals surface area contributed by atoms with Crippen molar-refractivity contribution < 1.29 is 9.59 Å². The van der Waals surface area contributed by atoms with Gasteiger partial charge in [-0.2, -0.15) is 0 Å². The van der Waals surface area contributed by atoms with E-state index >= 15 is 0 Å². The first-order valence-corrected chi connectivity index (χ1v) is 9.45. The maximum absolute atomic E-state index is 13.0. The number of Topliss-reactive ketones (excluding diaryl/α,β-unsaturated/α-hetero) is 1. The topological polar surface area (TPSA) is 58.2 Å². The Balaban J connectivity index is 2.11. The first-order chi connectivity index (χ1) is 11.8. The lowest BCUT2D eigenvalue weighted by molar-refractivity contribution is 0.0890. The normalized spacial score (nSPS) is 18.2. The highest BCUT2D eigenvalue weighted by Crippen LogP contribution is 2.28. The molecular weight excluding hydrogens is 312 g/mol. The van der Waals surface area contributed by atoms with E-state index in [4.69, 9.17) is 0 Å². The summed E-state index contributed by atoms with van der Waals surface area (Å²) in [7, 11) is 0. The van der Waals surface area contributed by atoms with Gasteiger partial charge in [-0.3, -0.25) is 4.79 Å². The summed E-state index contributed by atoms with van der Waals surface area (Å²) in [5, 5.41) is 5.98. The van der Waals surface area contributed by atoms with Gasteiger partial charge in [-0.25, -0.2) is 4.79 Å². The van der Waals surface area contributed by atoms with Gasteiger partial charge < -0.3 is 10.6 Å². The summed E-state index contributed by atoms with van der Waals surface area (Å²) in [5.74, 6) is 0.239. The fraction of sp³-hybridized carbons (Fsp3) is 0.619. The third kappa shape index (κ3) is 5.58. The van der Waals surface area contributed by atoms with Crippen molar-refractivity contribution in [1.29, 1.82) is 0 Å². The number of urea groups is 1. The number of ketones is 1. The van der Waals surface area contributed by atoms with E-state index in [0.717, 1.165) is 25.7 Å². The van der Waals surface area contributed by atoms with Crippen LogP contribution in [-0.2, 0) is 0 Å². The third-order valence-corrected chi connectivity index (χ3v) is 5.40. The minimum absolute atomic E-state index is 0.0195. The Labute approximate surface area is 151 Å². The molecule has 0 saturated heterocycles. The standard InChI is InChI=1S/C21H32N2O2/c1-15(21(2,3)4)22-20(25)23-18(16-11-7-5-8-12-16)19(24)17-13-9-6-10-14-17/h6,9-10,13-16,18H,5,7-8,11-12H2,1-4H3,(H2,22,23,25). The minimum Gasteiger partial charge on any atom is -0.335 e. The lowest BCUT2D eigenvalue weighted by Gasteiger charge is -2.32. The number of rotatable bonds is 5. The largest absolute Gasteiger partial charge is 0.335 e. The van der Waals surface area contributed by atoms with E-state index in [9.17, 15) is 9.59 Å². The molecule has 2 N–H and O–H groups in total. The fourth-order valence-corrected chi connectivity index (χ4v) is 3.24. The maximum atomic E-state index is 13.0. The van der Waals surface area contributed by atoms with Gasteiger partial charge in [0.15, 0.2) is 5.78 Å². The van der Waals surface area contributed by atoms with Crippen molar-refractivity contribution in [2.45, 2.75) is 71.9 Å². The lowest BCUT2D eigenvalue weighted by Crippen LogP contribution is -2.53. The predicted octanol–water partition coefficient (Wildman–Crippen LogP) is 4.55. The van der Waals surface area contributed by atoms with E-state index in [2.05, 4.69) is 31.4 Å². The number of amides is 2. The molecule has 0 aliphatic heterocycles. The average Bonchev–Trinajstić information content (AvgIpc) is 2.60. The Hall–Kier alpha value is -1.84. The molecule has 0 aromatic heterocycles.